The molecule has 0 fully saturated rings. The maximum Gasteiger partial charge on any atom is 0.277 e. The van der Waals surface area contributed by atoms with Gasteiger partial charge in [0.05, 0.1) is 10.6 Å². The molecule has 3 rings (SSSR count). The summed E-state index contributed by atoms with van der Waals surface area (Å²) in [5.74, 6) is -0.497. The summed E-state index contributed by atoms with van der Waals surface area (Å²) < 4.78 is 18.5. The van der Waals surface area contributed by atoms with Gasteiger partial charge in [-0.2, -0.15) is 0 Å². The van der Waals surface area contributed by atoms with Gasteiger partial charge in [0.2, 0.25) is 0 Å². The number of hydrogen-bond acceptors (Lipinski definition) is 4. The monoisotopic (exact) mass is 288 g/mol. The Bertz CT molecular complexity index is 737. The lowest BCUT2D eigenvalue weighted by Gasteiger charge is -2.02. The molecule has 4 nitrogen and oxygen atoms in total. The number of carbonyl (C=O) groups is 1. The molecule has 0 spiro atoms. The summed E-state index contributed by atoms with van der Waals surface area (Å²) in [6.07, 6.45) is 0. The van der Waals surface area contributed by atoms with Crippen molar-refractivity contribution in [1.82, 2.24) is 5.16 Å². The molecular formula is C14H9FN2O2S. The highest BCUT2D eigenvalue weighted by molar-refractivity contribution is 7.13. The van der Waals surface area contributed by atoms with Crippen molar-refractivity contribution in [2.75, 3.05) is 5.32 Å². The highest BCUT2D eigenvalue weighted by atomic mass is 32.1. The van der Waals surface area contributed by atoms with Crippen molar-refractivity contribution >= 4 is 22.9 Å². The Morgan fingerprint density at radius 1 is 1.25 bits per heavy atom. The molecule has 0 bridgehead atoms. The molecule has 0 saturated heterocycles. The molecule has 0 aliphatic heterocycles. The SMILES string of the molecule is O=C(Nc1ccccc1F)c1cc(-c2cccs2)on1. The number of carbonyl (C=O) groups excluding carboxylic acids is 1. The van der Waals surface area contributed by atoms with Crippen LogP contribution in [0.1, 0.15) is 10.5 Å². The third-order valence-corrected chi connectivity index (χ3v) is 3.51. The summed E-state index contributed by atoms with van der Waals surface area (Å²) >= 11 is 1.48. The first-order valence-corrected chi connectivity index (χ1v) is 6.68. The Kier molecular flexibility index (Phi) is 3.30. The van der Waals surface area contributed by atoms with E-state index in [1.807, 2.05) is 17.5 Å². The number of rotatable bonds is 3. The quantitative estimate of drug-likeness (QED) is 0.797. The number of thiophene rings is 1. The minimum absolute atomic E-state index is 0.108. The number of hydrogen-bond donors (Lipinski definition) is 1. The van der Waals surface area contributed by atoms with E-state index in [9.17, 15) is 9.18 Å². The molecule has 0 atom stereocenters. The summed E-state index contributed by atoms with van der Waals surface area (Å²) in [5.41, 5.74) is 0.217. The Morgan fingerprint density at radius 2 is 2.10 bits per heavy atom. The lowest BCUT2D eigenvalue weighted by molar-refractivity contribution is 0.101. The Labute approximate surface area is 117 Å². The van der Waals surface area contributed by atoms with E-state index in [1.165, 1.54) is 29.5 Å². The first kappa shape index (κ1) is 12.6. The zero-order chi connectivity index (χ0) is 13.9. The molecule has 0 saturated carbocycles. The van der Waals surface area contributed by atoms with E-state index >= 15 is 0 Å². The number of para-hydroxylation sites is 1. The average molecular weight is 288 g/mol. The van der Waals surface area contributed by atoms with Crippen LogP contribution in [0.25, 0.3) is 10.6 Å². The fourth-order valence-electron chi connectivity index (χ4n) is 1.67. The molecule has 0 aliphatic carbocycles. The summed E-state index contributed by atoms with van der Waals surface area (Å²) in [6, 6.07) is 11.2. The third kappa shape index (κ3) is 2.46. The van der Waals surface area contributed by atoms with Crippen LogP contribution in [-0.4, -0.2) is 11.1 Å². The molecule has 1 aromatic carbocycles. The van der Waals surface area contributed by atoms with E-state index in [-0.39, 0.29) is 11.4 Å². The zero-order valence-corrected chi connectivity index (χ0v) is 11.0. The van der Waals surface area contributed by atoms with Crippen molar-refractivity contribution < 1.29 is 13.7 Å². The van der Waals surface area contributed by atoms with Gasteiger partial charge in [0.1, 0.15) is 5.82 Å². The summed E-state index contributed by atoms with van der Waals surface area (Å²) in [5, 5.41) is 8.05. The summed E-state index contributed by atoms with van der Waals surface area (Å²) in [7, 11) is 0. The standard InChI is InChI=1S/C14H9FN2O2S/c15-9-4-1-2-5-10(9)16-14(18)11-8-12(19-17-11)13-6-3-7-20-13/h1-8H,(H,16,18). The van der Waals surface area contributed by atoms with E-state index in [4.69, 9.17) is 4.52 Å². The number of nitrogens with one attached hydrogen (secondary N) is 1. The van der Waals surface area contributed by atoms with Crippen LogP contribution in [0.4, 0.5) is 10.1 Å². The first-order valence-electron chi connectivity index (χ1n) is 5.80. The van der Waals surface area contributed by atoms with E-state index < -0.39 is 11.7 Å². The van der Waals surface area contributed by atoms with Gasteiger partial charge in [-0.25, -0.2) is 4.39 Å². The van der Waals surface area contributed by atoms with Gasteiger partial charge in [0.25, 0.3) is 5.91 Å². The van der Waals surface area contributed by atoms with Gasteiger partial charge in [-0.3, -0.25) is 4.79 Å². The van der Waals surface area contributed by atoms with E-state index in [1.54, 1.807) is 12.1 Å². The molecule has 100 valence electrons. The second kappa shape index (κ2) is 5.26. The van der Waals surface area contributed by atoms with Crippen LogP contribution in [0.3, 0.4) is 0 Å². The summed E-state index contributed by atoms with van der Waals surface area (Å²) in [4.78, 5) is 12.8. The van der Waals surface area contributed by atoms with Crippen molar-refractivity contribution in [2.24, 2.45) is 0 Å². The highest BCUT2D eigenvalue weighted by Crippen LogP contribution is 2.25. The minimum atomic E-state index is -0.512. The van der Waals surface area contributed by atoms with Crippen molar-refractivity contribution in [1.29, 1.82) is 0 Å². The molecule has 3 aromatic rings. The Balaban J connectivity index is 1.80. The second-order valence-electron chi connectivity index (χ2n) is 3.99. The summed E-state index contributed by atoms with van der Waals surface area (Å²) in [6.45, 7) is 0. The van der Waals surface area contributed by atoms with Gasteiger partial charge >= 0.3 is 0 Å². The van der Waals surface area contributed by atoms with Gasteiger partial charge in [-0.1, -0.05) is 23.4 Å². The van der Waals surface area contributed by atoms with Crippen molar-refractivity contribution in [3.05, 3.63) is 59.4 Å². The van der Waals surface area contributed by atoms with E-state index in [0.29, 0.717) is 5.76 Å². The van der Waals surface area contributed by atoms with Crippen LogP contribution >= 0.6 is 11.3 Å². The van der Waals surface area contributed by atoms with Gasteiger partial charge in [0.15, 0.2) is 11.5 Å². The third-order valence-electron chi connectivity index (χ3n) is 2.63. The molecule has 20 heavy (non-hydrogen) atoms. The van der Waals surface area contributed by atoms with Crippen LogP contribution < -0.4 is 5.32 Å². The molecule has 0 radical (unpaired) electrons. The Hall–Kier alpha value is -2.47. The van der Waals surface area contributed by atoms with E-state index in [2.05, 4.69) is 10.5 Å². The molecule has 0 aliphatic rings. The number of nitrogens with zero attached hydrogens (tertiary/aromatic N) is 1. The largest absolute Gasteiger partial charge is 0.355 e. The van der Waals surface area contributed by atoms with Crippen LogP contribution in [0.5, 0.6) is 0 Å². The maximum atomic E-state index is 13.4. The van der Waals surface area contributed by atoms with Gasteiger partial charge in [0, 0.05) is 6.07 Å². The fourth-order valence-corrected chi connectivity index (χ4v) is 2.34. The molecule has 1 amide bonds. The predicted octanol–water partition coefficient (Wildman–Crippen LogP) is 3.79. The number of anilines is 1. The number of aromatic nitrogens is 1. The molecule has 0 unspecified atom stereocenters. The van der Waals surface area contributed by atoms with Gasteiger partial charge in [-0.05, 0) is 23.6 Å². The highest BCUT2D eigenvalue weighted by Gasteiger charge is 2.15. The lowest BCUT2D eigenvalue weighted by atomic mass is 10.2. The number of halogens is 1. The average Bonchev–Trinajstić information content (AvgIpc) is 3.11. The minimum Gasteiger partial charge on any atom is -0.355 e. The van der Waals surface area contributed by atoms with Gasteiger partial charge < -0.3 is 9.84 Å². The maximum absolute atomic E-state index is 13.4. The van der Waals surface area contributed by atoms with Crippen LogP contribution in [0.15, 0.2) is 52.4 Å². The van der Waals surface area contributed by atoms with Crippen molar-refractivity contribution in [3.63, 3.8) is 0 Å². The van der Waals surface area contributed by atoms with Gasteiger partial charge in [-0.15, -0.1) is 11.3 Å². The molecule has 1 N–H and O–H groups in total. The smallest absolute Gasteiger partial charge is 0.277 e. The molecule has 6 heteroatoms. The van der Waals surface area contributed by atoms with Crippen LogP contribution in [0.2, 0.25) is 0 Å². The zero-order valence-electron chi connectivity index (χ0n) is 10.2. The fraction of sp³-hybridized carbons (Fsp3) is 0. The first-order chi connectivity index (χ1) is 9.74. The van der Waals surface area contributed by atoms with Crippen LogP contribution in [0, 0.1) is 5.82 Å². The number of benzene rings is 1. The lowest BCUT2D eigenvalue weighted by Crippen LogP contribution is -2.13. The Morgan fingerprint density at radius 3 is 2.85 bits per heavy atom. The van der Waals surface area contributed by atoms with Crippen molar-refractivity contribution in [3.8, 4) is 10.6 Å². The normalized spacial score (nSPS) is 10.4. The topological polar surface area (TPSA) is 55.1 Å². The molecular weight excluding hydrogens is 279 g/mol. The number of amides is 1. The second-order valence-corrected chi connectivity index (χ2v) is 4.94. The van der Waals surface area contributed by atoms with Crippen LogP contribution in [-0.2, 0) is 0 Å². The van der Waals surface area contributed by atoms with Crippen molar-refractivity contribution in [2.45, 2.75) is 0 Å². The molecule has 2 aromatic heterocycles. The van der Waals surface area contributed by atoms with E-state index in [0.717, 1.165) is 4.88 Å². The molecule has 2 heterocycles. The predicted molar refractivity (Wildman–Crippen MR) is 74.2 cm³/mol.